The number of aromatic nitrogens is 2. The van der Waals surface area contributed by atoms with Gasteiger partial charge >= 0.3 is 0 Å². The van der Waals surface area contributed by atoms with Crippen LogP contribution in [-0.2, 0) is 11.8 Å². The fourth-order valence-corrected chi connectivity index (χ4v) is 2.18. The third kappa shape index (κ3) is 1.85. The number of hydrogen-bond acceptors (Lipinski definition) is 3. The van der Waals surface area contributed by atoms with E-state index in [2.05, 4.69) is 11.2 Å². The van der Waals surface area contributed by atoms with Gasteiger partial charge in [0.25, 0.3) is 0 Å². The Bertz CT molecular complexity index is 420. The summed E-state index contributed by atoms with van der Waals surface area (Å²) in [5.74, 6) is 0.894. The predicted molar refractivity (Wildman–Crippen MR) is 62.9 cm³/mol. The van der Waals surface area contributed by atoms with Crippen molar-refractivity contribution in [1.82, 2.24) is 9.78 Å². The Hall–Kier alpha value is -1.29. The van der Waals surface area contributed by atoms with Gasteiger partial charge in [-0.25, -0.2) is 0 Å². The standard InChI is InChI=1S/C12H19N3O/c1-8-11(9(2)15(3)14-8)12(13)10-6-4-5-7-16-10/h6,12H,4-5,7,13H2,1-3H3. The van der Waals surface area contributed by atoms with Crippen LogP contribution in [0.3, 0.4) is 0 Å². The Morgan fingerprint density at radius 2 is 2.25 bits per heavy atom. The van der Waals surface area contributed by atoms with Gasteiger partial charge in [0.1, 0.15) is 5.76 Å². The lowest BCUT2D eigenvalue weighted by Gasteiger charge is -2.21. The number of hydrogen-bond donors (Lipinski definition) is 1. The number of ether oxygens (including phenoxy) is 1. The van der Waals surface area contributed by atoms with E-state index in [1.165, 1.54) is 0 Å². The zero-order valence-corrected chi connectivity index (χ0v) is 10.2. The van der Waals surface area contributed by atoms with E-state index < -0.39 is 0 Å². The molecule has 0 bridgehead atoms. The third-order valence-electron chi connectivity index (χ3n) is 3.15. The summed E-state index contributed by atoms with van der Waals surface area (Å²) in [5.41, 5.74) is 9.43. The van der Waals surface area contributed by atoms with E-state index in [9.17, 15) is 0 Å². The maximum absolute atomic E-state index is 6.24. The van der Waals surface area contributed by atoms with Crippen LogP contribution in [0.2, 0.25) is 0 Å². The van der Waals surface area contributed by atoms with Gasteiger partial charge in [0, 0.05) is 18.3 Å². The summed E-state index contributed by atoms with van der Waals surface area (Å²) < 4.78 is 7.48. The first-order valence-corrected chi connectivity index (χ1v) is 5.69. The Labute approximate surface area is 96.1 Å². The maximum atomic E-state index is 6.24. The molecule has 2 rings (SSSR count). The van der Waals surface area contributed by atoms with E-state index in [-0.39, 0.29) is 6.04 Å². The largest absolute Gasteiger partial charge is 0.496 e. The molecule has 2 heterocycles. The molecule has 1 aliphatic heterocycles. The summed E-state index contributed by atoms with van der Waals surface area (Å²) in [7, 11) is 1.94. The minimum atomic E-state index is -0.172. The quantitative estimate of drug-likeness (QED) is 0.827. The van der Waals surface area contributed by atoms with Crippen molar-refractivity contribution < 1.29 is 4.74 Å². The maximum Gasteiger partial charge on any atom is 0.113 e. The van der Waals surface area contributed by atoms with Gasteiger partial charge in [-0.15, -0.1) is 0 Å². The monoisotopic (exact) mass is 221 g/mol. The molecule has 1 unspecified atom stereocenters. The van der Waals surface area contributed by atoms with Gasteiger partial charge in [-0.1, -0.05) is 0 Å². The van der Waals surface area contributed by atoms with E-state index in [0.29, 0.717) is 0 Å². The lowest BCUT2D eigenvalue weighted by atomic mass is 10.0. The highest BCUT2D eigenvalue weighted by atomic mass is 16.5. The van der Waals surface area contributed by atoms with Gasteiger partial charge in [-0.3, -0.25) is 4.68 Å². The molecular formula is C12H19N3O. The number of aryl methyl sites for hydroxylation is 2. The minimum Gasteiger partial charge on any atom is -0.496 e. The number of allylic oxidation sites excluding steroid dienone is 1. The average Bonchev–Trinajstić information content (AvgIpc) is 2.54. The second-order valence-electron chi connectivity index (χ2n) is 4.28. The van der Waals surface area contributed by atoms with Gasteiger partial charge in [0.15, 0.2) is 0 Å². The molecule has 0 amide bonds. The molecule has 1 atom stereocenters. The summed E-state index contributed by atoms with van der Waals surface area (Å²) in [6.45, 7) is 4.81. The summed E-state index contributed by atoms with van der Waals surface area (Å²) in [4.78, 5) is 0. The molecule has 0 saturated carbocycles. The first-order valence-electron chi connectivity index (χ1n) is 5.69. The van der Waals surface area contributed by atoms with Crippen LogP contribution in [-0.4, -0.2) is 16.4 Å². The molecule has 0 aliphatic carbocycles. The van der Waals surface area contributed by atoms with Crippen molar-refractivity contribution in [2.75, 3.05) is 6.61 Å². The van der Waals surface area contributed by atoms with Crippen LogP contribution in [0, 0.1) is 13.8 Å². The summed E-state index contributed by atoms with van der Waals surface area (Å²) in [6.07, 6.45) is 4.24. The van der Waals surface area contributed by atoms with Crippen molar-refractivity contribution in [1.29, 1.82) is 0 Å². The Morgan fingerprint density at radius 3 is 2.75 bits per heavy atom. The molecule has 0 aromatic carbocycles. The second-order valence-corrected chi connectivity index (χ2v) is 4.28. The van der Waals surface area contributed by atoms with Gasteiger partial charge in [0.05, 0.1) is 18.3 Å². The summed E-state index contributed by atoms with van der Waals surface area (Å²) in [5, 5.41) is 4.38. The van der Waals surface area contributed by atoms with E-state index in [1.807, 2.05) is 25.6 Å². The van der Waals surface area contributed by atoms with E-state index >= 15 is 0 Å². The molecule has 1 aromatic rings. The smallest absolute Gasteiger partial charge is 0.113 e. The van der Waals surface area contributed by atoms with E-state index in [1.54, 1.807) is 0 Å². The molecule has 88 valence electrons. The van der Waals surface area contributed by atoms with Crippen LogP contribution in [0.25, 0.3) is 0 Å². The van der Waals surface area contributed by atoms with Crippen LogP contribution >= 0.6 is 0 Å². The SMILES string of the molecule is Cc1nn(C)c(C)c1C(N)C1=CCCCO1. The topological polar surface area (TPSA) is 53.1 Å². The molecule has 4 heteroatoms. The Morgan fingerprint density at radius 1 is 1.50 bits per heavy atom. The summed E-state index contributed by atoms with van der Waals surface area (Å²) in [6, 6.07) is -0.172. The average molecular weight is 221 g/mol. The van der Waals surface area contributed by atoms with Crippen molar-refractivity contribution in [3.05, 3.63) is 28.8 Å². The predicted octanol–water partition coefficient (Wildman–Crippen LogP) is 1.73. The van der Waals surface area contributed by atoms with Crippen molar-refractivity contribution in [2.45, 2.75) is 32.7 Å². The third-order valence-corrected chi connectivity index (χ3v) is 3.15. The van der Waals surface area contributed by atoms with Gasteiger partial charge < -0.3 is 10.5 Å². The molecule has 16 heavy (non-hydrogen) atoms. The van der Waals surface area contributed by atoms with E-state index in [0.717, 1.165) is 42.2 Å². The molecule has 4 nitrogen and oxygen atoms in total. The number of nitrogens with two attached hydrogens (primary N) is 1. The fourth-order valence-electron chi connectivity index (χ4n) is 2.18. The highest BCUT2D eigenvalue weighted by Crippen LogP contribution is 2.27. The lowest BCUT2D eigenvalue weighted by molar-refractivity contribution is 0.175. The molecule has 0 saturated heterocycles. The summed E-state index contributed by atoms with van der Waals surface area (Å²) >= 11 is 0. The lowest BCUT2D eigenvalue weighted by Crippen LogP contribution is -2.19. The number of rotatable bonds is 2. The molecule has 0 spiro atoms. The molecular weight excluding hydrogens is 202 g/mol. The van der Waals surface area contributed by atoms with Crippen LogP contribution in [0.15, 0.2) is 11.8 Å². The second kappa shape index (κ2) is 4.29. The first kappa shape index (κ1) is 11.2. The van der Waals surface area contributed by atoms with Crippen LogP contribution in [0.1, 0.15) is 35.8 Å². The molecule has 2 N–H and O–H groups in total. The van der Waals surface area contributed by atoms with Crippen molar-refractivity contribution in [3.8, 4) is 0 Å². The fraction of sp³-hybridized carbons (Fsp3) is 0.583. The van der Waals surface area contributed by atoms with Crippen molar-refractivity contribution in [3.63, 3.8) is 0 Å². The molecule has 1 aliphatic rings. The minimum absolute atomic E-state index is 0.172. The zero-order valence-electron chi connectivity index (χ0n) is 10.2. The highest BCUT2D eigenvalue weighted by molar-refractivity contribution is 5.33. The Balaban J connectivity index is 2.32. The first-order chi connectivity index (χ1) is 7.61. The zero-order chi connectivity index (χ0) is 11.7. The normalized spacial score (nSPS) is 17.9. The number of nitrogens with zero attached hydrogens (tertiary/aromatic N) is 2. The van der Waals surface area contributed by atoms with Crippen LogP contribution in [0.5, 0.6) is 0 Å². The Kier molecular flexibility index (Phi) is 3.01. The van der Waals surface area contributed by atoms with Gasteiger partial charge in [-0.05, 0) is 32.8 Å². The molecule has 1 aromatic heterocycles. The van der Waals surface area contributed by atoms with Crippen LogP contribution in [0.4, 0.5) is 0 Å². The molecule has 0 fully saturated rings. The van der Waals surface area contributed by atoms with Crippen molar-refractivity contribution >= 4 is 0 Å². The van der Waals surface area contributed by atoms with Crippen molar-refractivity contribution in [2.24, 2.45) is 12.8 Å². The van der Waals surface area contributed by atoms with Gasteiger partial charge in [0.2, 0.25) is 0 Å². The van der Waals surface area contributed by atoms with Gasteiger partial charge in [-0.2, -0.15) is 5.10 Å². The van der Waals surface area contributed by atoms with Crippen LogP contribution < -0.4 is 5.73 Å². The molecule has 0 radical (unpaired) electrons. The highest BCUT2D eigenvalue weighted by Gasteiger charge is 2.22. The van der Waals surface area contributed by atoms with E-state index in [4.69, 9.17) is 10.5 Å².